The normalized spacial score (nSPS) is 9.95. The number of hydrogen-bond acceptors (Lipinski definition) is 7. The number of aromatic nitrogens is 2. The highest BCUT2D eigenvalue weighted by molar-refractivity contribution is 5.81. The van der Waals surface area contributed by atoms with Crippen LogP contribution in [0.1, 0.15) is 19.0 Å². The van der Waals surface area contributed by atoms with Crippen LogP contribution < -0.4 is 16.0 Å². The summed E-state index contributed by atoms with van der Waals surface area (Å²) in [6.07, 6.45) is 0.822. The second-order valence-electron chi connectivity index (χ2n) is 4.04. The van der Waals surface area contributed by atoms with Crippen molar-refractivity contribution in [3.63, 3.8) is 0 Å². The third-order valence-electron chi connectivity index (χ3n) is 2.45. The van der Waals surface area contributed by atoms with E-state index < -0.39 is 4.92 Å². The molecule has 0 unspecified atom stereocenters. The number of nitrogens with one attached hydrogen (secondary N) is 3. The quantitative estimate of drug-likeness (QED) is 0.496. The molecule has 0 saturated heterocycles. The Morgan fingerprint density at radius 1 is 1.40 bits per heavy atom. The van der Waals surface area contributed by atoms with Crippen molar-refractivity contribution in [2.24, 2.45) is 0 Å². The van der Waals surface area contributed by atoms with Crippen molar-refractivity contribution in [3.8, 4) is 0 Å². The van der Waals surface area contributed by atoms with Crippen LogP contribution in [-0.2, 0) is 4.79 Å². The van der Waals surface area contributed by atoms with Gasteiger partial charge in [0.25, 0.3) is 0 Å². The van der Waals surface area contributed by atoms with Crippen molar-refractivity contribution in [1.29, 1.82) is 0 Å². The first kappa shape index (κ1) is 15.6. The monoisotopic (exact) mass is 282 g/mol. The second-order valence-corrected chi connectivity index (χ2v) is 4.04. The fourth-order valence-electron chi connectivity index (χ4n) is 1.51. The number of nitrogens with zero attached hydrogens (tertiary/aromatic N) is 3. The smallest absolute Gasteiger partial charge is 0.332 e. The van der Waals surface area contributed by atoms with Gasteiger partial charge in [0.2, 0.25) is 17.7 Å². The van der Waals surface area contributed by atoms with Crippen LogP contribution in [-0.4, -0.2) is 40.9 Å². The minimum absolute atomic E-state index is 0.0264. The Balaban J connectivity index is 2.89. The summed E-state index contributed by atoms with van der Waals surface area (Å²) in [5.74, 6) is 0.0338. The highest BCUT2D eigenvalue weighted by atomic mass is 16.6. The Bertz CT molecular complexity index is 505. The Labute approximate surface area is 116 Å². The predicted octanol–water partition coefficient (Wildman–Crippen LogP) is 0.673. The molecule has 0 aromatic carbocycles. The molecule has 1 amide bonds. The molecule has 1 rings (SSSR count). The SMILES string of the molecule is CCCNC(=O)CNc1nc(NC)nc(C)c1[N+](=O)[O-]. The maximum atomic E-state index is 11.5. The average molecular weight is 282 g/mol. The topological polar surface area (TPSA) is 122 Å². The molecule has 20 heavy (non-hydrogen) atoms. The van der Waals surface area contributed by atoms with Gasteiger partial charge in [0.15, 0.2) is 0 Å². The van der Waals surface area contributed by atoms with Gasteiger partial charge in [0, 0.05) is 13.6 Å². The lowest BCUT2D eigenvalue weighted by Crippen LogP contribution is -2.30. The molecule has 0 radical (unpaired) electrons. The van der Waals surface area contributed by atoms with E-state index in [4.69, 9.17) is 0 Å². The van der Waals surface area contributed by atoms with Gasteiger partial charge in [0.1, 0.15) is 5.69 Å². The molecular weight excluding hydrogens is 264 g/mol. The number of carbonyl (C=O) groups is 1. The van der Waals surface area contributed by atoms with Crippen LogP contribution in [0.2, 0.25) is 0 Å². The number of rotatable bonds is 7. The van der Waals surface area contributed by atoms with Crippen molar-refractivity contribution in [2.75, 3.05) is 30.8 Å². The zero-order valence-electron chi connectivity index (χ0n) is 11.7. The maximum absolute atomic E-state index is 11.5. The molecule has 1 heterocycles. The van der Waals surface area contributed by atoms with E-state index in [9.17, 15) is 14.9 Å². The molecule has 0 saturated carbocycles. The summed E-state index contributed by atoms with van der Waals surface area (Å²) in [4.78, 5) is 29.9. The van der Waals surface area contributed by atoms with Crippen LogP contribution >= 0.6 is 0 Å². The summed E-state index contributed by atoms with van der Waals surface area (Å²) in [5.41, 5.74) is -0.00175. The summed E-state index contributed by atoms with van der Waals surface area (Å²) in [6.45, 7) is 3.93. The molecule has 9 heteroatoms. The molecular formula is C11H18N6O3. The molecule has 0 spiro atoms. The molecule has 0 aliphatic rings. The van der Waals surface area contributed by atoms with E-state index in [1.807, 2.05) is 6.92 Å². The van der Waals surface area contributed by atoms with Crippen LogP contribution in [0.3, 0.4) is 0 Å². The Morgan fingerprint density at radius 2 is 2.10 bits per heavy atom. The summed E-state index contributed by atoms with van der Waals surface area (Å²) < 4.78 is 0. The lowest BCUT2D eigenvalue weighted by molar-refractivity contribution is -0.385. The zero-order chi connectivity index (χ0) is 15.1. The van der Waals surface area contributed by atoms with Gasteiger partial charge in [-0.05, 0) is 13.3 Å². The molecule has 1 aromatic heterocycles. The number of amides is 1. The summed E-state index contributed by atoms with van der Waals surface area (Å²) in [6, 6.07) is 0. The number of carbonyl (C=O) groups excluding carboxylic acids is 1. The first-order valence-electron chi connectivity index (χ1n) is 6.21. The van der Waals surface area contributed by atoms with Gasteiger partial charge >= 0.3 is 5.69 Å². The van der Waals surface area contributed by atoms with E-state index in [-0.39, 0.29) is 35.6 Å². The van der Waals surface area contributed by atoms with E-state index in [1.165, 1.54) is 6.92 Å². The molecule has 0 aliphatic carbocycles. The number of aryl methyl sites for hydroxylation is 1. The Hall–Kier alpha value is -2.45. The Morgan fingerprint density at radius 3 is 2.65 bits per heavy atom. The van der Waals surface area contributed by atoms with Crippen molar-refractivity contribution in [2.45, 2.75) is 20.3 Å². The van der Waals surface area contributed by atoms with E-state index in [0.717, 1.165) is 6.42 Å². The minimum Gasteiger partial charge on any atom is -0.357 e. The first-order valence-corrected chi connectivity index (χ1v) is 6.21. The number of nitro groups is 1. The van der Waals surface area contributed by atoms with E-state index >= 15 is 0 Å². The summed E-state index contributed by atoms with van der Waals surface area (Å²) in [5, 5.41) is 19.1. The van der Waals surface area contributed by atoms with Crippen LogP contribution in [0, 0.1) is 17.0 Å². The van der Waals surface area contributed by atoms with Gasteiger partial charge in [-0.2, -0.15) is 4.98 Å². The van der Waals surface area contributed by atoms with Gasteiger partial charge < -0.3 is 16.0 Å². The lowest BCUT2D eigenvalue weighted by Gasteiger charge is -2.09. The van der Waals surface area contributed by atoms with Crippen molar-refractivity contribution in [3.05, 3.63) is 15.8 Å². The second kappa shape index (κ2) is 7.22. The average Bonchev–Trinajstić information content (AvgIpc) is 2.41. The van der Waals surface area contributed by atoms with Gasteiger partial charge in [-0.15, -0.1) is 0 Å². The van der Waals surface area contributed by atoms with Crippen LogP contribution in [0.5, 0.6) is 0 Å². The predicted molar refractivity (Wildman–Crippen MR) is 74.8 cm³/mol. The van der Waals surface area contributed by atoms with E-state index in [2.05, 4.69) is 25.9 Å². The van der Waals surface area contributed by atoms with Gasteiger partial charge in [-0.25, -0.2) is 4.98 Å². The van der Waals surface area contributed by atoms with Gasteiger partial charge in [0.05, 0.1) is 11.5 Å². The molecule has 110 valence electrons. The van der Waals surface area contributed by atoms with Crippen LogP contribution in [0.25, 0.3) is 0 Å². The summed E-state index contributed by atoms with van der Waals surface area (Å²) in [7, 11) is 1.61. The minimum atomic E-state index is -0.568. The molecule has 0 atom stereocenters. The highest BCUT2D eigenvalue weighted by Gasteiger charge is 2.22. The maximum Gasteiger partial charge on any atom is 0.332 e. The summed E-state index contributed by atoms with van der Waals surface area (Å²) >= 11 is 0. The fourth-order valence-corrected chi connectivity index (χ4v) is 1.51. The van der Waals surface area contributed by atoms with Crippen LogP contribution in [0.15, 0.2) is 0 Å². The molecule has 0 fully saturated rings. The van der Waals surface area contributed by atoms with E-state index in [1.54, 1.807) is 7.05 Å². The first-order chi connectivity index (χ1) is 9.49. The van der Waals surface area contributed by atoms with E-state index in [0.29, 0.717) is 6.54 Å². The fraction of sp³-hybridized carbons (Fsp3) is 0.545. The lowest BCUT2D eigenvalue weighted by atomic mass is 10.3. The highest BCUT2D eigenvalue weighted by Crippen LogP contribution is 2.26. The third kappa shape index (κ3) is 4.04. The number of hydrogen-bond donors (Lipinski definition) is 3. The van der Waals surface area contributed by atoms with Crippen LogP contribution in [0.4, 0.5) is 17.5 Å². The standard InChI is InChI=1S/C11H18N6O3/c1-4-5-13-8(18)6-14-10-9(17(19)20)7(2)15-11(12-3)16-10/h4-6H2,1-3H3,(H,13,18)(H2,12,14,15,16). The molecule has 0 aliphatic heterocycles. The third-order valence-corrected chi connectivity index (χ3v) is 2.45. The van der Waals surface area contributed by atoms with Gasteiger partial charge in [-0.1, -0.05) is 6.92 Å². The number of anilines is 2. The van der Waals surface area contributed by atoms with Crippen molar-refractivity contribution >= 4 is 23.4 Å². The van der Waals surface area contributed by atoms with Gasteiger partial charge in [-0.3, -0.25) is 14.9 Å². The molecule has 3 N–H and O–H groups in total. The molecule has 9 nitrogen and oxygen atoms in total. The van der Waals surface area contributed by atoms with Crippen molar-refractivity contribution < 1.29 is 9.72 Å². The molecule has 0 bridgehead atoms. The molecule has 1 aromatic rings. The largest absolute Gasteiger partial charge is 0.357 e. The van der Waals surface area contributed by atoms with Crippen molar-refractivity contribution in [1.82, 2.24) is 15.3 Å². The Kier molecular flexibility index (Phi) is 5.63. The zero-order valence-corrected chi connectivity index (χ0v) is 11.7.